The summed E-state index contributed by atoms with van der Waals surface area (Å²) in [4.78, 5) is 25.0. The zero-order valence-corrected chi connectivity index (χ0v) is 22.6. The molecule has 0 aliphatic rings. The van der Waals surface area contributed by atoms with Crippen LogP contribution in [-0.4, -0.2) is 23.0 Å². The maximum absolute atomic E-state index is 12.6. The molecule has 1 N–H and O–H groups in total. The van der Waals surface area contributed by atoms with Crippen LogP contribution in [0.25, 0.3) is 0 Å². The van der Waals surface area contributed by atoms with Crippen LogP contribution in [0.3, 0.4) is 0 Å². The second-order valence-electron chi connectivity index (χ2n) is 9.52. The Kier molecular flexibility index (Phi) is 9.20. The van der Waals surface area contributed by atoms with E-state index in [9.17, 15) is 14.9 Å². The van der Waals surface area contributed by atoms with Crippen molar-refractivity contribution >= 4 is 35.1 Å². The van der Waals surface area contributed by atoms with E-state index in [1.54, 1.807) is 82.3 Å². The number of alkyl halides is 1. The van der Waals surface area contributed by atoms with Gasteiger partial charge in [0, 0.05) is 17.0 Å². The number of benzene rings is 3. The summed E-state index contributed by atoms with van der Waals surface area (Å²) in [5.41, 5.74) is 1.10. The predicted molar refractivity (Wildman–Crippen MR) is 144 cm³/mol. The molecule has 0 spiro atoms. The molecule has 8 heteroatoms. The van der Waals surface area contributed by atoms with Gasteiger partial charge in [-0.05, 0) is 87.4 Å². The van der Waals surface area contributed by atoms with Crippen molar-refractivity contribution in [1.29, 1.82) is 5.26 Å². The van der Waals surface area contributed by atoms with E-state index >= 15 is 0 Å². The fourth-order valence-electron chi connectivity index (χ4n) is 3.42. The molecule has 0 fully saturated rings. The quantitative estimate of drug-likeness (QED) is 0.189. The zero-order valence-electron chi connectivity index (χ0n) is 21.0. The summed E-state index contributed by atoms with van der Waals surface area (Å²) in [6, 6.07) is 20.9. The van der Waals surface area contributed by atoms with Crippen LogP contribution in [0.2, 0.25) is 5.02 Å². The zero-order chi connectivity index (χ0) is 27.2. The first-order valence-electron chi connectivity index (χ1n) is 11.7. The highest BCUT2D eigenvalue weighted by atomic mass is 35.5. The summed E-state index contributed by atoms with van der Waals surface area (Å²) >= 11 is 12.2. The van der Waals surface area contributed by atoms with E-state index in [1.807, 2.05) is 12.1 Å². The van der Waals surface area contributed by atoms with Gasteiger partial charge in [-0.1, -0.05) is 41.4 Å². The number of hydrogen-bond acceptors (Lipinski definition) is 5. The molecule has 0 bridgehead atoms. The van der Waals surface area contributed by atoms with E-state index in [-0.39, 0.29) is 17.4 Å². The lowest BCUT2D eigenvalue weighted by molar-refractivity contribution is -0.156. The Morgan fingerprint density at radius 2 is 1.68 bits per heavy atom. The summed E-state index contributed by atoms with van der Waals surface area (Å²) in [5, 5.41) is 13.0. The number of nitrogens with zero attached hydrogens (tertiary/aromatic N) is 1. The van der Waals surface area contributed by atoms with E-state index in [4.69, 9.17) is 32.7 Å². The lowest BCUT2D eigenvalue weighted by Gasteiger charge is -2.22. The molecule has 3 aromatic carbocycles. The third-order valence-corrected chi connectivity index (χ3v) is 5.86. The largest absolute Gasteiger partial charge is 0.460 e. The molecule has 0 saturated carbocycles. The summed E-state index contributed by atoms with van der Waals surface area (Å²) < 4.78 is 11.3. The van der Waals surface area contributed by atoms with Gasteiger partial charge in [-0.2, -0.15) is 5.26 Å². The number of nitriles is 1. The fraction of sp³-hybridized carbons (Fsp3) is 0.276. The number of ether oxygens (including phenoxy) is 2. The van der Waals surface area contributed by atoms with Gasteiger partial charge in [-0.3, -0.25) is 9.59 Å². The summed E-state index contributed by atoms with van der Waals surface area (Å²) in [6.07, 6.45) is 0.450. The number of hydrogen-bond donors (Lipinski definition) is 1. The number of carbonyl (C=O) groups excluding carboxylic acids is 2. The molecule has 0 radical (unpaired) electrons. The molecule has 0 saturated heterocycles. The fourth-order valence-corrected chi connectivity index (χ4v) is 3.83. The molecule has 2 atom stereocenters. The highest BCUT2D eigenvalue weighted by molar-refractivity contribution is 6.30. The number of nitrogens with one attached hydrogen (secondary N) is 1. The minimum atomic E-state index is -0.600. The van der Waals surface area contributed by atoms with Crippen molar-refractivity contribution in [1.82, 2.24) is 5.32 Å². The van der Waals surface area contributed by atoms with Crippen LogP contribution in [0.5, 0.6) is 11.5 Å². The minimum Gasteiger partial charge on any atom is -0.460 e. The lowest BCUT2D eigenvalue weighted by Crippen LogP contribution is -2.32. The molecule has 0 aliphatic carbocycles. The van der Waals surface area contributed by atoms with Gasteiger partial charge in [0.1, 0.15) is 28.7 Å². The van der Waals surface area contributed by atoms with E-state index < -0.39 is 17.0 Å². The summed E-state index contributed by atoms with van der Waals surface area (Å²) in [7, 11) is 0. The number of amides is 1. The van der Waals surface area contributed by atoms with Gasteiger partial charge in [0.05, 0.1) is 11.5 Å². The van der Waals surface area contributed by atoms with E-state index in [0.717, 1.165) is 5.56 Å². The molecule has 0 aromatic heterocycles. The molecule has 3 aromatic rings. The third kappa shape index (κ3) is 8.24. The van der Waals surface area contributed by atoms with Crippen molar-refractivity contribution in [2.24, 2.45) is 0 Å². The first-order valence-corrected chi connectivity index (χ1v) is 12.5. The van der Waals surface area contributed by atoms with Crippen molar-refractivity contribution in [3.63, 3.8) is 0 Å². The number of rotatable bonds is 8. The van der Waals surface area contributed by atoms with Crippen molar-refractivity contribution in [2.75, 3.05) is 0 Å². The van der Waals surface area contributed by atoms with Crippen LogP contribution in [0.4, 0.5) is 0 Å². The average molecular weight is 539 g/mol. The van der Waals surface area contributed by atoms with Crippen molar-refractivity contribution in [2.45, 2.75) is 51.1 Å². The second kappa shape index (κ2) is 12.1. The number of esters is 1. The van der Waals surface area contributed by atoms with Gasteiger partial charge < -0.3 is 14.8 Å². The molecule has 3 rings (SSSR count). The topological polar surface area (TPSA) is 88.4 Å². The van der Waals surface area contributed by atoms with Crippen molar-refractivity contribution in [3.8, 4) is 17.6 Å². The molecule has 2 unspecified atom stereocenters. The highest BCUT2D eigenvalue weighted by Gasteiger charge is 2.24. The first-order chi connectivity index (χ1) is 17.4. The Morgan fingerprint density at radius 3 is 2.27 bits per heavy atom. The Bertz CT molecular complexity index is 1290. The lowest BCUT2D eigenvalue weighted by atomic mass is 9.98. The maximum Gasteiger partial charge on any atom is 0.313 e. The van der Waals surface area contributed by atoms with Gasteiger partial charge in [-0.15, -0.1) is 0 Å². The number of carbonyl (C=O) groups is 2. The molecule has 37 heavy (non-hydrogen) atoms. The van der Waals surface area contributed by atoms with Crippen LogP contribution in [0, 0.1) is 11.3 Å². The van der Waals surface area contributed by atoms with Crippen LogP contribution in [0.1, 0.15) is 60.7 Å². The van der Waals surface area contributed by atoms with Crippen LogP contribution in [0.15, 0.2) is 66.7 Å². The average Bonchev–Trinajstić information content (AvgIpc) is 2.84. The highest BCUT2D eigenvalue weighted by Crippen LogP contribution is 2.29. The molecular weight excluding hydrogens is 511 g/mol. The van der Waals surface area contributed by atoms with Crippen LogP contribution in [-0.2, 0) is 16.0 Å². The molecule has 6 nitrogen and oxygen atoms in total. The van der Waals surface area contributed by atoms with Crippen LogP contribution < -0.4 is 10.1 Å². The van der Waals surface area contributed by atoms with Gasteiger partial charge in [-0.25, -0.2) is 0 Å². The molecule has 1 amide bonds. The summed E-state index contributed by atoms with van der Waals surface area (Å²) in [5.74, 6) is -0.443. The minimum absolute atomic E-state index is 0.280. The molecular formula is C29H28Cl2N2O4. The summed E-state index contributed by atoms with van der Waals surface area (Å²) in [6.45, 7) is 7.15. The Balaban J connectivity index is 1.63. The predicted octanol–water partition coefficient (Wildman–Crippen LogP) is 6.99. The van der Waals surface area contributed by atoms with Crippen LogP contribution >= 0.6 is 23.2 Å². The molecule has 0 heterocycles. The van der Waals surface area contributed by atoms with Crippen molar-refractivity contribution < 1.29 is 19.1 Å². The standard InChI is InChI=1S/C29H28Cl2N2O4/c1-18(28(35)37-29(2,3)4)21-9-14-25(22(16-21)17-32)36-24-12-7-20(8-13-24)27(34)33-26(31)15-19-5-10-23(30)11-6-19/h5-14,16,18,26H,15H2,1-4H3,(H,33,34). The van der Waals surface area contributed by atoms with E-state index in [1.165, 1.54) is 0 Å². The first kappa shape index (κ1) is 28.0. The van der Waals surface area contributed by atoms with E-state index in [2.05, 4.69) is 11.4 Å². The normalized spacial score (nSPS) is 12.7. The second-order valence-corrected chi connectivity index (χ2v) is 10.5. The van der Waals surface area contributed by atoms with Gasteiger partial charge in [0.25, 0.3) is 5.91 Å². The Morgan fingerprint density at radius 1 is 1.03 bits per heavy atom. The Hall–Kier alpha value is -3.53. The van der Waals surface area contributed by atoms with Gasteiger partial charge in [0.15, 0.2) is 0 Å². The van der Waals surface area contributed by atoms with Gasteiger partial charge in [0.2, 0.25) is 0 Å². The van der Waals surface area contributed by atoms with Gasteiger partial charge >= 0.3 is 5.97 Å². The molecule has 192 valence electrons. The SMILES string of the molecule is CC(C(=O)OC(C)(C)C)c1ccc(Oc2ccc(C(=O)NC(Cl)Cc3ccc(Cl)cc3)cc2)c(C#N)c1. The van der Waals surface area contributed by atoms with E-state index in [0.29, 0.717) is 34.1 Å². The third-order valence-electron chi connectivity index (χ3n) is 5.34. The molecule has 0 aliphatic heterocycles. The number of halogens is 2. The maximum atomic E-state index is 12.6. The van der Waals surface area contributed by atoms with Crippen molar-refractivity contribution in [3.05, 3.63) is 94.0 Å². The Labute approximate surface area is 227 Å². The smallest absolute Gasteiger partial charge is 0.313 e. The monoisotopic (exact) mass is 538 g/mol.